The minimum atomic E-state index is -0.480. The van der Waals surface area contributed by atoms with Crippen LogP contribution in [0.2, 0.25) is 0 Å². The summed E-state index contributed by atoms with van der Waals surface area (Å²) in [5, 5.41) is 9.76. The lowest BCUT2D eigenvalue weighted by Gasteiger charge is -2.28. The van der Waals surface area contributed by atoms with Crippen molar-refractivity contribution in [3.8, 4) is 0 Å². The van der Waals surface area contributed by atoms with Crippen LogP contribution in [-0.2, 0) is 0 Å². The van der Waals surface area contributed by atoms with E-state index in [2.05, 4.69) is 0 Å². The number of rotatable bonds is 1. The van der Waals surface area contributed by atoms with Crippen LogP contribution in [0, 0.1) is 11.8 Å². The van der Waals surface area contributed by atoms with Crippen LogP contribution < -0.4 is 5.73 Å². The third kappa shape index (κ3) is 0.789. The summed E-state index contributed by atoms with van der Waals surface area (Å²) in [7, 11) is 0. The topological polar surface area (TPSA) is 46.2 Å². The minimum Gasteiger partial charge on any atom is -0.389 e. The molecule has 0 bridgehead atoms. The predicted molar refractivity (Wildman–Crippen MR) is 39.5 cm³/mol. The number of hydrogen-bond donors (Lipinski definition) is 2. The van der Waals surface area contributed by atoms with Gasteiger partial charge in [0.05, 0.1) is 5.60 Å². The Morgan fingerprint density at radius 3 is 2.10 bits per heavy atom. The summed E-state index contributed by atoms with van der Waals surface area (Å²) < 4.78 is 0. The molecule has 2 aliphatic rings. The fourth-order valence-electron chi connectivity index (χ4n) is 2.40. The second-order valence-electron chi connectivity index (χ2n) is 3.93. The molecule has 0 aromatic heterocycles. The van der Waals surface area contributed by atoms with Crippen LogP contribution >= 0.6 is 0 Å². The van der Waals surface area contributed by atoms with Gasteiger partial charge in [-0.25, -0.2) is 0 Å². The lowest BCUT2D eigenvalue weighted by Crippen LogP contribution is -2.34. The highest BCUT2D eigenvalue weighted by Crippen LogP contribution is 2.50. The van der Waals surface area contributed by atoms with E-state index in [0.29, 0.717) is 6.54 Å². The fourth-order valence-corrected chi connectivity index (χ4v) is 2.40. The smallest absolute Gasteiger partial charge is 0.0774 e. The van der Waals surface area contributed by atoms with E-state index in [1.165, 1.54) is 12.8 Å². The van der Waals surface area contributed by atoms with Crippen LogP contribution in [0.5, 0.6) is 0 Å². The van der Waals surface area contributed by atoms with Gasteiger partial charge in [-0.3, -0.25) is 0 Å². The van der Waals surface area contributed by atoms with Crippen molar-refractivity contribution in [2.45, 2.75) is 31.3 Å². The van der Waals surface area contributed by atoms with Crippen molar-refractivity contribution >= 4 is 0 Å². The van der Waals surface area contributed by atoms with Gasteiger partial charge >= 0.3 is 0 Å². The minimum absolute atomic E-state index is 0.458. The Balaban J connectivity index is 2.03. The summed E-state index contributed by atoms with van der Waals surface area (Å²) in [5.74, 6) is 1.63. The highest BCUT2D eigenvalue weighted by Gasteiger charge is 2.47. The molecule has 2 heteroatoms. The molecule has 2 saturated carbocycles. The first-order valence-corrected chi connectivity index (χ1v) is 4.16. The summed E-state index contributed by atoms with van der Waals surface area (Å²) in [5.41, 5.74) is 4.99. The van der Waals surface area contributed by atoms with Crippen molar-refractivity contribution in [3.05, 3.63) is 0 Å². The van der Waals surface area contributed by atoms with Crippen LogP contribution in [0.1, 0.15) is 25.7 Å². The highest BCUT2D eigenvalue weighted by molar-refractivity contribution is 4.99. The van der Waals surface area contributed by atoms with Crippen molar-refractivity contribution in [2.75, 3.05) is 6.54 Å². The largest absolute Gasteiger partial charge is 0.389 e. The number of hydrogen-bond acceptors (Lipinski definition) is 2. The van der Waals surface area contributed by atoms with Crippen molar-refractivity contribution in [1.82, 2.24) is 0 Å². The molecular formula is C8H15NO. The van der Waals surface area contributed by atoms with Crippen molar-refractivity contribution in [3.63, 3.8) is 0 Å². The van der Waals surface area contributed by atoms with Gasteiger partial charge in [-0.2, -0.15) is 0 Å². The van der Waals surface area contributed by atoms with E-state index in [9.17, 15) is 5.11 Å². The van der Waals surface area contributed by atoms with Crippen molar-refractivity contribution in [2.24, 2.45) is 17.6 Å². The van der Waals surface area contributed by atoms with Crippen LogP contribution in [0.15, 0.2) is 0 Å². The van der Waals surface area contributed by atoms with Gasteiger partial charge < -0.3 is 10.8 Å². The molecule has 0 heterocycles. The molecule has 0 amide bonds. The maximum atomic E-state index is 9.76. The number of fused-ring (bicyclic) bond motifs is 1. The van der Waals surface area contributed by atoms with Crippen molar-refractivity contribution in [1.29, 1.82) is 0 Å². The van der Waals surface area contributed by atoms with E-state index in [1.54, 1.807) is 0 Å². The van der Waals surface area contributed by atoms with E-state index in [0.717, 1.165) is 24.7 Å². The van der Waals surface area contributed by atoms with E-state index in [1.807, 2.05) is 0 Å². The van der Waals surface area contributed by atoms with Gasteiger partial charge in [0.15, 0.2) is 0 Å². The lowest BCUT2D eigenvalue weighted by molar-refractivity contribution is 0.0527. The third-order valence-corrected chi connectivity index (χ3v) is 3.24. The first-order valence-electron chi connectivity index (χ1n) is 4.16. The molecule has 2 nitrogen and oxygen atoms in total. The van der Waals surface area contributed by atoms with E-state index in [-0.39, 0.29) is 0 Å². The third-order valence-electron chi connectivity index (χ3n) is 3.24. The summed E-state index contributed by atoms with van der Waals surface area (Å²) in [4.78, 5) is 0. The van der Waals surface area contributed by atoms with E-state index in [4.69, 9.17) is 5.73 Å². The second-order valence-corrected chi connectivity index (χ2v) is 3.93. The van der Waals surface area contributed by atoms with E-state index >= 15 is 0 Å². The molecule has 10 heavy (non-hydrogen) atoms. The molecular weight excluding hydrogens is 126 g/mol. The van der Waals surface area contributed by atoms with Crippen molar-refractivity contribution < 1.29 is 5.11 Å². The van der Waals surface area contributed by atoms with Gasteiger partial charge in [0, 0.05) is 6.54 Å². The van der Waals surface area contributed by atoms with Gasteiger partial charge in [0.1, 0.15) is 0 Å². The zero-order valence-corrected chi connectivity index (χ0v) is 6.21. The quantitative estimate of drug-likeness (QED) is 0.558. The maximum absolute atomic E-state index is 9.76. The van der Waals surface area contributed by atoms with Crippen LogP contribution in [-0.4, -0.2) is 17.3 Å². The zero-order valence-electron chi connectivity index (χ0n) is 6.21. The Morgan fingerprint density at radius 1 is 1.30 bits per heavy atom. The Bertz CT molecular complexity index is 134. The molecule has 3 N–H and O–H groups in total. The number of nitrogens with two attached hydrogens (primary N) is 1. The molecule has 2 rings (SSSR count). The Kier molecular flexibility index (Phi) is 1.29. The average molecular weight is 141 g/mol. The van der Waals surface area contributed by atoms with Crippen LogP contribution in [0.3, 0.4) is 0 Å². The van der Waals surface area contributed by atoms with Gasteiger partial charge in [0.25, 0.3) is 0 Å². The Labute approximate surface area is 61.4 Å². The molecule has 0 radical (unpaired) electrons. The molecule has 2 fully saturated rings. The molecule has 58 valence electrons. The molecule has 0 saturated heterocycles. The van der Waals surface area contributed by atoms with Crippen LogP contribution in [0.4, 0.5) is 0 Å². The first-order chi connectivity index (χ1) is 4.73. The predicted octanol–water partition coefficient (Wildman–Crippen LogP) is 0.496. The highest BCUT2D eigenvalue weighted by atomic mass is 16.3. The standard InChI is InChI=1S/C8H15NO/c9-5-8(10)3-6-1-2-7(6)4-8/h6-7,10H,1-5,9H2/t6-,7-/m0/s1. The Hall–Kier alpha value is -0.0800. The molecule has 0 aromatic carbocycles. The first kappa shape index (κ1) is 6.62. The molecule has 0 aromatic rings. The van der Waals surface area contributed by atoms with Gasteiger partial charge in [-0.15, -0.1) is 0 Å². The van der Waals surface area contributed by atoms with Crippen LogP contribution in [0.25, 0.3) is 0 Å². The maximum Gasteiger partial charge on any atom is 0.0774 e. The van der Waals surface area contributed by atoms with Gasteiger partial charge in [-0.1, -0.05) is 0 Å². The molecule has 0 aliphatic heterocycles. The molecule has 2 aliphatic carbocycles. The zero-order chi connectivity index (χ0) is 7.19. The van der Waals surface area contributed by atoms with E-state index < -0.39 is 5.60 Å². The summed E-state index contributed by atoms with van der Waals surface area (Å²) in [6.45, 7) is 0.458. The van der Waals surface area contributed by atoms with Gasteiger partial charge in [0.2, 0.25) is 0 Å². The number of aliphatic hydroxyl groups is 1. The van der Waals surface area contributed by atoms with Gasteiger partial charge in [-0.05, 0) is 37.5 Å². The summed E-state index contributed by atoms with van der Waals surface area (Å²) in [6.07, 6.45) is 4.59. The monoisotopic (exact) mass is 141 g/mol. The molecule has 2 atom stereocenters. The summed E-state index contributed by atoms with van der Waals surface area (Å²) >= 11 is 0. The summed E-state index contributed by atoms with van der Waals surface area (Å²) in [6, 6.07) is 0. The molecule has 0 unspecified atom stereocenters. The normalized spacial score (nSPS) is 42.6. The fraction of sp³-hybridized carbons (Fsp3) is 1.00. The average Bonchev–Trinajstić information content (AvgIpc) is 2.13. The SMILES string of the molecule is NCC1(O)C[C@@H]2CC[C@H]2C1. The Morgan fingerprint density at radius 2 is 1.80 bits per heavy atom. The molecule has 0 spiro atoms. The lowest BCUT2D eigenvalue weighted by atomic mass is 9.77. The second kappa shape index (κ2) is 1.95.